The number of imidazole rings is 1. The molecule has 0 aliphatic carbocycles. The van der Waals surface area contributed by atoms with E-state index in [0.29, 0.717) is 0 Å². The molecule has 5 rings (SSSR count). The van der Waals surface area contributed by atoms with Crippen molar-refractivity contribution in [3.05, 3.63) is 108 Å². The van der Waals surface area contributed by atoms with E-state index in [-0.39, 0.29) is 0 Å². The number of nitrogens with zero attached hydrogens (tertiary/aromatic N) is 2. The van der Waals surface area contributed by atoms with Crippen molar-refractivity contribution in [2.24, 2.45) is 0 Å². The van der Waals surface area contributed by atoms with E-state index in [0.717, 1.165) is 38.2 Å². The Morgan fingerprint density at radius 2 is 1.25 bits per heavy atom. The van der Waals surface area contributed by atoms with E-state index in [2.05, 4.69) is 111 Å². The minimum absolute atomic E-state index is 0.943. The predicted octanol–water partition coefficient (Wildman–Crippen LogP) is 7.10. The van der Waals surface area contributed by atoms with Crippen LogP contribution in [0.3, 0.4) is 0 Å². The van der Waals surface area contributed by atoms with E-state index in [1.54, 1.807) is 0 Å². The maximum absolute atomic E-state index is 5.02. The summed E-state index contributed by atoms with van der Waals surface area (Å²) in [6.45, 7) is 0. The smallest absolute Gasteiger partial charge is 0.138 e. The number of benzene rings is 3. The zero-order chi connectivity index (χ0) is 18.9. The van der Waals surface area contributed by atoms with Gasteiger partial charge >= 0.3 is 0 Å². The quantitative estimate of drug-likeness (QED) is 0.301. The molecule has 0 saturated heterocycles. The molecule has 2 heterocycles. The van der Waals surface area contributed by atoms with Crippen LogP contribution in [-0.4, -0.2) is 9.38 Å². The number of aromatic nitrogens is 2. The molecule has 3 heteroatoms. The van der Waals surface area contributed by atoms with Crippen LogP contribution in [0, 0.1) is 0 Å². The molecule has 0 bridgehead atoms. The van der Waals surface area contributed by atoms with Gasteiger partial charge in [0, 0.05) is 21.8 Å². The molecule has 0 aliphatic heterocycles. The number of rotatable bonds is 3. The summed E-state index contributed by atoms with van der Waals surface area (Å²) < 4.78 is 3.26. The molecule has 0 fully saturated rings. The first-order valence-corrected chi connectivity index (χ1v) is 9.98. The molecular weight excluding hydrogens is 408 g/mol. The van der Waals surface area contributed by atoms with Crippen LogP contribution in [0.5, 0.6) is 0 Å². The van der Waals surface area contributed by atoms with Crippen LogP contribution in [-0.2, 0) is 0 Å². The Labute approximate surface area is 172 Å². The van der Waals surface area contributed by atoms with Gasteiger partial charge in [-0.15, -0.1) is 0 Å². The number of fused-ring (bicyclic) bond motifs is 1. The van der Waals surface area contributed by atoms with E-state index < -0.39 is 0 Å². The largest absolute Gasteiger partial charge is 0.299 e. The summed E-state index contributed by atoms with van der Waals surface area (Å²) in [7, 11) is 0. The van der Waals surface area contributed by atoms with Crippen molar-refractivity contribution >= 4 is 21.6 Å². The summed E-state index contributed by atoms with van der Waals surface area (Å²) >= 11 is 3.51. The average molecular weight is 425 g/mol. The summed E-state index contributed by atoms with van der Waals surface area (Å²) in [6, 6.07) is 33.5. The van der Waals surface area contributed by atoms with Crippen molar-refractivity contribution in [2.45, 2.75) is 0 Å². The van der Waals surface area contributed by atoms with Gasteiger partial charge in [0.1, 0.15) is 5.65 Å². The Morgan fingerprint density at radius 1 is 0.607 bits per heavy atom. The molecule has 5 aromatic rings. The van der Waals surface area contributed by atoms with Crippen molar-refractivity contribution in [1.82, 2.24) is 9.38 Å². The zero-order valence-electron chi connectivity index (χ0n) is 15.1. The van der Waals surface area contributed by atoms with Crippen LogP contribution in [0.2, 0.25) is 0 Å². The minimum atomic E-state index is 0.943. The first-order valence-electron chi connectivity index (χ1n) is 9.18. The highest BCUT2D eigenvalue weighted by Crippen LogP contribution is 2.34. The Kier molecular flexibility index (Phi) is 4.30. The summed E-state index contributed by atoms with van der Waals surface area (Å²) in [6.07, 6.45) is 2.12. The van der Waals surface area contributed by atoms with Gasteiger partial charge in [-0.05, 0) is 35.4 Å². The monoisotopic (exact) mass is 424 g/mol. The lowest BCUT2D eigenvalue weighted by Crippen LogP contribution is -1.90. The fourth-order valence-electron chi connectivity index (χ4n) is 3.54. The van der Waals surface area contributed by atoms with Gasteiger partial charge in [-0.1, -0.05) is 88.7 Å². The van der Waals surface area contributed by atoms with Crippen molar-refractivity contribution in [3.63, 3.8) is 0 Å². The summed E-state index contributed by atoms with van der Waals surface area (Å²) in [5.74, 6) is 0. The number of pyridine rings is 1. The van der Waals surface area contributed by atoms with Crippen molar-refractivity contribution < 1.29 is 0 Å². The van der Waals surface area contributed by atoms with Crippen molar-refractivity contribution in [3.8, 4) is 33.6 Å². The number of hydrogen-bond acceptors (Lipinski definition) is 1. The van der Waals surface area contributed by atoms with E-state index in [9.17, 15) is 0 Å². The molecule has 2 aromatic heterocycles. The third-order valence-electron chi connectivity index (χ3n) is 4.90. The van der Waals surface area contributed by atoms with Gasteiger partial charge in [-0.25, -0.2) is 4.98 Å². The van der Waals surface area contributed by atoms with Crippen LogP contribution in [0.15, 0.2) is 108 Å². The van der Waals surface area contributed by atoms with Crippen LogP contribution < -0.4 is 0 Å². The highest BCUT2D eigenvalue weighted by molar-refractivity contribution is 9.10. The Bertz CT molecular complexity index is 1240. The Balaban J connectivity index is 1.75. The lowest BCUT2D eigenvalue weighted by molar-refractivity contribution is 1.19. The first-order chi connectivity index (χ1) is 13.8. The molecule has 0 saturated carbocycles. The maximum atomic E-state index is 5.02. The predicted molar refractivity (Wildman–Crippen MR) is 119 cm³/mol. The molecule has 3 aromatic carbocycles. The molecule has 2 nitrogen and oxygen atoms in total. The van der Waals surface area contributed by atoms with Crippen LogP contribution in [0.1, 0.15) is 0 Å². The summed E-state index contributed by atoms with van der Waals surface area (Å²) in [4.78, 5) is 5.02. The van der Waals surface area contributed by atoms with Crippen LogP contribution in [0.4, 0.5) is 0 Å². The minimum Gasteiger partial charge on any atom is -0.299 e. The molecule has 0 atom stereocenters. The molecule has 0 spiro atoms. The zero-order valence-corrected chi connectivity index (χ0v) is 16.7. The third-order valence-corrected chi connectivity index (χ3v) is 5.43. The topological polar surface area (TPSA) is 17.3 Å². The molecule has 0 aliphatic rings. The van der Waals surface area contributed by atoms with E-state index in [4.69, 9.17) is 4.98 Å². The lowest BCUT2D eigenvalue weighted by atomic mass is 10.0. The number of halogens is 1. The molecule has 0 N–H and O–H groups in total. The molecular formula is C25H17BrN2. The van der Waals surface area contributed by atoms with Crippen LogP contribution in [0.25, 0.3) is 39.3 Å². The van der Waals surface area contributed by atoms with Crippen molar-refractivity contribution in [2.75, 3.05) is 0 Å². The molecule has 134 valence electrons. The fraction of sp³-hybridized carbons (Fsp3) is 0. The fourth-order valence-corrected chi connectivity index (χ4v) is 3.80. The van der Waals surface area contributed by atoms with E-state index >= 15 is 0 Å². The highest BCUT2D eigenvalue weighted by Gasteiger charge is 2.16. The third kappa shape index (κ3) is 3.04. The second kappa shape index (κ2) is 7.10. The SMILES string of the molecule is Brc1ccc(-c2ccn3c(-c4ccccc4)c(-c4ccccc4)nc3c2)cc1. The Morgan fingerprint density at radius 3 is 1.93 bits per heavy atom. The molecule has 0 radical (unpaired) electrons. The van der Waals surface area contributed by atoms with Crippen molar-refractivity contribution in [1.29, 1.82) is 0 Å². The molecule has 0 unspecified atom stereocenters. The standard InChI is InChI=1S/C25H17BrN2/c26-22-13-11-18(12-14-22)21-15-16-28-23(17-21)27-24(19-7-3-1-4-8-19)25(28)20-9-5-2-6-10-20/h1-17H. The van der Waals surface area contributed by atoms with Gasteiger partial charge in [-0.2, -0.15) is 0 Å². The van der Waals surface area contributed by atoms with Gasteiger partial charge in [0.15, 0.2) is 0 Å². The second-order valence-corrected chi connectivity index (χ2v) is 7.61. The number of hydrogen-bond donors (Lipinski definition) is 0. The highest BCUT2D eigenvalue weighted by atomic mass is 79.9. The maximum Gasteiger partial charge on any atom is 0.138 e. The molecule has 28 heavy (non-hydrogen) atoms. The summed E-state index contributed by atoms with van der Waals surface area (Å²) in [5.41, 5.74) is 7.67. The lowest BCUT2D eigenvalue weighted by Gasteiger charge is -2.07. The van der Waals surface area contributed by atoms with E-state index in [1.807, 2.05) is 12.1 Å². The van der Waals surface area contributed by atoms with Gasteiger partial charge in [0.05, 0.1) is 11.4 Å². The van der Waals surface area contributed by atoms with Gasteiger partial charge in [-0.3, -0.25) is 4.40 Å². The second-order valence-electron chi connectivity index (χ2n) is 6.69. The first kappa shape index (κ1) is 17.0. The van der Waals surface area contributed by atoms with Gasteiger partial charge in [0.25, 0.3) is 0 Å². The van der Waals surface area contributed by atoms with Gasteiger partial charge in [0.2, 0.25) is 0 Å². The van der Waals surface area contributed by atoms with E-state index in [1.165, 1.54) is 5.56 Å². The Hall–Kier alpha value is -3.17. The van der Waals surface area contributed by atoms with Crippen LogP contribution >= 0.6 is 15.9 Å². The average Bonchev–Trinajstić information content (AvgIpc) is 3.14. The molecule has 0 amide bonds. The van der Waals surface area contributed by atoms with Gasteiger partial charge < -0.3 is 0 Å². The summed E-state index contributed by atoms with van der Waals surface area (Å²) in [5, 5.41) is 0. The normalized spacial score (nSPS) is 11.0.